The number of aromatic nitrogens is 2. The van der Waals surface area contributed by atoms with Crippen LogP contribution in [-0.2, 0) is 16.1 Å². The second kappa shape index (κ2) is 11.3. The molecule has 2 aliphatic carbocycles. The Morgan fingerprint density at radius 1 is 0.879 bits per heavy atom. The topological polar surface area (TPSA) is 81.5 Å². The van der Waals surface area contributed by atoms with E-state index in [1.807, 2.05) is 35.2 Å². The fourth-order valence-corrected chi connectivity index (χ4v) is 5.13. The zero-order valence-electron chi connectivity index (χ0n) is 19.2. The van der Waals surface area contributed by atoms with Crippen molar-refractivity contribution in [1.82, 2.24) is 14.7 Å². The van der Waals surface area contributed by atoms with E-state index in [1.165, 1.54) is 29.7 Å². The van der Waals surface area contributed by atoms with Crippen molar-refractivity contribution in [2.24, 2.45) is 0 Å². The smallest absolute Gasteiger partial charge is 0.359 e. The maximum Gasteiger partial charge on any atom is 0.359 e. The third-order valence-corrected chi connectivity index (χ3v) is 6.80. The summed E-state index contributed by atoms with van der Waals surface area (Å²) in [6.07, 6.45) is 11.2. The molecule has 1 aromatic carbocycles. The van der Waals surface area contributed by atoms with Crippen molar-refractivity contribution in [3.63, 3.8) is 0 Å². The highest BCUT2D eigenvalue weighted by atomic mass is 16.5. The van der Waals surface area contributed by atoms with E-state index >= 15 is 0 Å². The van der Waals surface area contributed by atoms with Gasteiger partial charge in [0.05, 0.1) is 6.54 Å². The number of nitrogens with zero attached hydrogens (tertiary/aromatic N) is 3. The molecule has 0 aliphatic heterocycles. The van der Waals surface area contributed by atoms with Gasteiger partial charge in [-0.05, 0) is 37.3 Å². The van der Waals surface area contributed by atoms with Crippen LogP contribution in [0.1, 0.15) is 80.3 Å². The summed E-state index contributed by atoms with van der Waals surface area (Å²) in [6, 6.07) is 12.6. The Kier molecular flexibility index (Phi) is 7.92. The Balaban J connectivity index is 1.41. The summed E-state index contributed by atoms with van der Waals surface area (Å²) >= 11 is 0. The highest BCUT2D eigenvalue weighted by Gasteiger charge is 2.33. The Morgan fingerprint density at radius 3 is 2.09 bits per heavy atom. The molecule has 0 atom stereocenters. The summed E-state index contributed by atoms with van der Waals surface area (Å²) in [4.78, 5) is 40.1. The number of amides is 1. The van der Waals surface area contributed by atoms with Gasteiger partial charge in [-0.1, -0.05) is 68.9 Å². The Labute approximate surface area is 194 Å². The predicted octanol–water partition coefficient (Wildman–Crippen LogP) is 3.94. The highest BCUT2D eigenvalue weighted by Crippen LogP contribution is 2.30. The first-order chi connectivity index (χ1) is 16.1. The molecule has 1 amide bonds. The third kappa shape index (κ3) is 6.09. The molecular formula is C26H33N3O4. The van der Waals surface area contributed by atoms with Crippen molar-refractivity contribution in [2.45, 2.75) is 82.8 Å². The molecule has 0 radical (unpaired) electrons. The van der Waals surface area contributed by atoms with Crippen LogP contribution < -0.4 is 5.56 Å². The molecule has 176 valence electrons. The number of hydrogen-bond donors (Lipinski definition) is 0. The Bertz CT molecular complexity index is 974. The van der Waals surface area contributed by atoms with Crippen LogP contribution in [0.15, 0.2) is 47.3 Å². The molecule has 33 heavy (non-hydrogen) atoms. The molecule has 0 bridgehead atoms. The van der Waals surface area contributed by atoms with Crippen LogP contribution in [-0.4, -0.2) is 45.2 Å². The predicted molar refractivity (Wildman–Crippen MR) is 125 cm³/mol. The molecular weight excluding hydrogens is 418 g/mol. The van der Waals surface area contributed by atoms with Crippen molar-refractivity contribution < 1.29 is 14.3 Å². The lowest BCUT2D eigenvalue weighted by Crippen LogP contribution is -2.50. The molecule has 0 saturated heterocycles. The normalized spacial score (nSPS) is 17.5. The summed E-state index contributed by atoms with van der Waals surface area (Å²) in [5.74, 6) is -0.794. The average Bonchev–Trinajstić information content (AvgIpc) is 2.86. The summed E-state index contributed by atoms with van der Waals surface area (Å²) in [5, 5.41) is 4.17. The van der Waals surface area contributed by atoms with Gasteiger partial charge in [-0.15, -0.1) is 0 Å². The van der Waals surface area contributed by atoms with E-state index in [9.17, 15) is 14.4 Å². The van der Waals surface area contributed by atoms with Gasteiger partial charge in [0.25, 0.3) is 11.5 Å². The van der Waals surface area contributed by atoms with Crippen LogP contribution in [0.3, 0.4) is 0 Å². The van der Waals surface area contributed by atoms with E-state index in [4.69, 9.17) is 4.74 Å². The second-order valence-corrected chi connectivity index (χ2v) is 9.16. The minimum absolute atomic E-state index is 0.0280. The lowest BCUT2D eigenvalue weighted by atomic mass is 9.88. The number of ether oxygens (including phenoxy) is 1. The van der Waals surface area contributed by atoms with Gasteiger partial charge in [0.15, 0.2) is 12.3 Å². The zero-order valence-corrected chi connectivity index (χ0v) is 19.2. The molecule has 1 heterocycles. The summed E-state index contributed by atoms with van der Waals surface area (Å²) in [5.41, 5.74) is 0.635. The molecule has 2 saturated carbocycles. The fraction of sp³-hybridized carbons (Fsp3) is 0.538. The van der Waals surface area contributed by atoms with Crippen LogP contribution in [0.5, 0.6) is 0 Å². The van der Waals surface area contributed by atoms with Crippen molar-refractivity contribution in [3.8, 4) is 0 Å². The largest absolute Gasteiger partial charge is 0.451 e. The van der Waals surface area contributed by atoms with Crippen LogP contribution in [0.2, 0.25) is 0 Å². The number of carbonyl (C=O) groups is 2. The van der Waals surface area contributed by atoms with Crippen molar-refractivity contribution in [1.29, 1.82) is 0 Å². The van der Waals surface area contributed by atoms with E-state index in [1.54, 1.807) is 0 Å². The van der Waals surface area contributed by atoms with E-state index < -0.39 is 5.97 Å². The number of esters is 1. The van der Waals surface area contributed by atoms with E-state index in [2.05, 4.69) is 5.10 Å². The SMILES string of the molecule is O=C(OCC(=O)N(C1CCCCC1)C1CCCCC1)c1ccc(=O)n(Cc2ccccc2)n1. The molecule has 2 aliphatic rings. The Hall–Kier alpha value is -2.96. The maximum absolute atomic E-state index is 13.2. The van der Waals surface area contributed by atoms with Crippen LogP contribution in [0.4, 0.5) is 0 Å². The average molecular weight is 452 g/mol. The lowest BCUT2D eigenvalue weighted by molar-refractivity contribution is -0.141. The van der Waals surface area contributed by atoms with Gasteiger partial charge in [0.1, 0.15) is 0 Å². The minimum atomic E-state index is -0.683. The molecule has 7 heteroatoms. The fourth-order valence-electron chi connectivity index (χ4n) is 5.13. The van der Waals surface area contributed by atoms with Gasteiger partial charge < -0.3 is 9.64 Å². The lowest BCUT2D eigenvalue weighted by Gasteiger charge is -2.41. The molecule has 0 spiro atoms. The molecule has 2 fully saturated rings. The van der Waals surface area contributed by atoms with E-state index in [-0.39, 0.29) is 42.4 Å². The van der Waals surface area contributed by atoms with Crippen molar-refractivity contribution in [3.05, 3.63) is 64.1 Å². The quantitative estimate of drug-likeness (QED) is 0.596. The summed E-state index contributed by atoms with van der Waals surface area (Å²) in [6.45, 7) is -0.0256. The highest BCUT2D eigenvalue weighted by molar-refractivity contribution is 5.89. The summed E-state index contributed by atoms with van der Waals surface area (Å²) in [7, 11) is 0. The first-order valence-electron chi connectivity index (χ1n) is 12.2. The molecule has 0 unspecified atom stereocenters. The number of hydrogen-bond acceptors (Lipinski definition) is 5. The first kappa shape index (κ1) is 23.2. The van der Waals surface area contributed by atoms with Crippen LogP contribution in [0, 0.1) is 0 Å². The third-order valence-electron chi connectivity index (χ3n) is 6.80. The van der Waals surface area contributed by atoms with Gasteiger partial charge in [0, 0.05) is 18.2 Å². The van der Waals surface area contributed by atoms with Crippen LogP contribution in [0.25, 0.3) is 0 Å². The molecule has 1 aromatic heterocycles. The number of carbonyl (C=O) groups excluding carboxylic acids is 2. The summed E-state index contributed by atoms with van der Waals surface area (Å²) < 4.78 is 6.63. The van der Waals surface area contributed by atoms with E-state index in [0.29, 0.717) is 0 Å². The maximum atomic E-state index is 13.2. The zero-order chi connectivity index (χ0) is 23.0. The van der Waals surface area contributed by atoms with Crippen molar-refractivity contribution >= 4 is 11.9 Å². The molecule has 7 nitrogen and oxygen atoms in total. The number of benzene rings is 1. The Morgan fingerprint density at radius 2 is 1.48 bits per heavy atom. The van der Waals surface area contributed by atoms with Crippen LogP contribution >= 0.6 is 0 Å². The second-order valence-electron chi connectivity index (χ2n) is 9.16. The van der Waals surface area contributed by atoms with Gasteiger partial charge in [-0.25, -0.2) is 9.48 Å². The molecule has 2 aromatic rings. The van der Waals surface area contributed by atoms with E-state index in [0.717, 1.165) is 56.9 Å². The standard InChI is InChI=1S/C26H33N3O4/c30-24-17-16-23(27-28(24)18-20-10-4-1-5-11-20)26(32)33-19-25(31)29(21-12-6-2-7-13-21)22-14-8-3-9-15-22/h1,4-5,10-11,16-17,21-22H,2-3,6-9,12-15,18-19H2. The van der Waals surface area contributed by atoms with Crippen molar-refractivity contribution in [2.75, 3.05) is 6.61 Å². The van der Waals surface area contributed by atoms with Gasteiger partial charge >= 0.3 is 5.97 Å². The van der Waals surface area contributed by atoms with Gasteiger partial charge in [-0.3, -0.25) is 9.59 Å². The van der Waals surface area contributed by atoms with Gasteiger partial charge in [0.2, 0.25) is 0 Å². The van der Waals surface area contributed by atoms with Gasteiger partial charge in [-0.2, -0.15) is 5.10 Å². The number of rotatable bonds is 7. The monoisotopic (exact) mass is 451 g/mol. The molecule has 4 rings (SSSR count). The minimum Gasteiger partial charge on any atom is -0.451 e. The first-order valence-corrected chi connectivity index (χ1v) is 12.2. The molecule has 0 N–H and O–H groups in total.